The molecule has 0 aromatic carbocycles. The highest BCUT2D eigenvalue weighted by Gasteiger charge is 2.31. The predicted molar refractivity (Wildman–Crippen MR) is 73.1 cm³/mol. The highest BCUT2D eigenvalue weighted by atomic mass is 32.2. The number of amidine groups is 1. The van der Waals surface area contributed by atoms with Gasteiger partial charge in [-0.3, -0.25) is 4.99 Å². The molecule has 2 nitrogen and oxygen atoms in total. The summed E-state index contributed by atoms with van der Waals surface area (Å²) in [6.07, 6.45) is 4.01. The molecule has 1 saturated heterocycles. The van der Waals surface area contributed by atoms with Crippen molar-refractivity contribution in [2.75, 3.05) is 5.75 Å². The van der Waals surface area contributed by atoms with Crippen LogP contribution < -0.4 is 5.32 Å². The van der Waals surface area contributed by atoms with Gasteiger partial charge < -0.3 is 5.32 Å². The van der Waals surface area contributed by atoms with Gasteiger partial charge in [0.2, 0.25) is 0 Å². The SMILES string of the molecule is CC1CCCC(N=C2NC(C)(C)CS2)C1C. The van der Waals surface area contributed by atoms with Crippen molar-refractivity contribution in [3.63, 3.8) is 0 Å². The van der Waals surface area contributed by atoms with Crippen LogP contribution in [0.1, 0.15) is 47.0 Å². The van der Waals surface area contributed by atoms with Crippen molar-refractivity contribution >= 4 is 16.9 Å². The molecule has 0 spiro atoms. The second-order valence-electron chi connectivity index (χ2n) is 6.07. The first-order chi connectivity index (χ1) is 7.48. The predicted octanol–water partition coefficient (Wildman–Crippen LogP) is 3.28. The highest BCUT2D eigenvalue weighted by molar-refractivity contribution is 8.14. The third-order valence-corrected chi connectivity index (χ3v) is 5.31. The topological polar surface area (TPSA) is 24.4 Å². The van der Waals surface area contributed by atoms with E-state index in [-0.39, 0.29) is 5.54 Å². The van der Waals surface area contributed by atoms with Gasteiger partial charge in [0.1, 0.15) is 0 Å². The number of thioether (sulfide) groups is 1. The van der Waals surface area contributed by atoms with E-state index < -0.39 is 0 Å². The summed E-state index contributed by atoms with van der Waals surface area (Å²) in [6, 6.07) is 0.549. The van der Waals surface area contributed by atoms with Crippen molar-refractivity contribution in [2.45, 2.75) is 58.5 Å². The minimum Gasteiger partial charge on any atom is -0.359 e. The number of hydrogen-bond donors (Lipinski definition) is 1. The molecule has 3 unspecified atom stereocenters. The zero-order chi connectivity index (χ0) is 11.8. The summed E-state index contributed by atoms with van der Waals surface area (Å²) in [7, 11) is 0. The van der Waals surface area contributed by atoms with E-state index in [2.05, 4.69) is 33.0 Å². The van der Waals surface area contributed by atoms with Gasteiger partial charge in [-0.1, -0.05) is 38.5 Å². The first kappa shape index (κ1) is 12.3. The minimum absolute atomic E-state index is 0.229. The Morgan fingerprint density at radius 2 is 2.06 bits per heavy atom. The van der Waals surface area contributed by atoms with Crippen molar-refractivity contribution in [2.24, 2.45) is 16.8 Å². The second kappa shape index (κ2) is 4.59. The van der Waals surface area contributed by atoms with Gasteiger partial charge in [0.05, 0.1) is 6.04 Å². The smallest absolute Gasteiger partial charge is 0.157 e. The Bertz CT molecular complexity index is 286. The summed E-state index contributed by atoms with van der Waals surface area (Å²) in [5, 5.41) is 4.70. The maximum atomic E-state index is 4.93. The van der Waals surface area contributed by atoms with E-state index in [1.165, 1.54) is 24.4 Å². The average Bonchev–Trinajstić information content (AvgIpc) is 2.53. The first-order valence-electron chi connectivity index (χ1n) is 6.47. The fourth-order valence-electron chi connectivity index (χ4n) is 2.57. The van der Waals surface area contributed by atoms with Gasteiger partial charge in [-0.25, -0.2) is 0 Å². The fourth-order valence-corrected chi connectivity index (χ4v) is 3.69. The largest absolute Gasteiger partial charge is 0.359 e. The molecular formula is C13H24N2S. The van der Waals surface area contributed by atoms with Crippen LogP contribution in [0.15, 0.2) is 4.99 Å². The van der Waals surface area contributed by atoms with Crippen molar-refractivity contribution in [1.29, 1.82) is 0 Å². The summed E-state index contributed by atoms with van der Waals surface area (Å²) in [5.41, 5.74) is 0.229. The van der Waals surface area contributed by atoms with Gasteiger partial charge in [-0.2, -0.15) is 0 Å². The van der Waals surface area contributed by atoms with Crippen LogP contribution in [0, 0.1) is 11.8 Å². The Kier molecular flexibility index (Phi) is 3.53. The van der Waals surface area contributed by atoms with Crippen LogP contribution in [-0.4, -0.2) is 22.5 Å². The Balaban J connectivity index is 2.01. The maximum Gasteiger partial charge on any atom is 0.157 e. The Labute approximate surface area is 104 Å². The Morgan fingerprint density at radius 1 is 1.31 bits per heavy atom. The molecule has 2 aliphatic rings. The standard InChI is InChI=1S/C13H24N2S/c1-9-6-5-7-11(10(9)2)14-12-15-13(3,4)8-16-12/h9-11H,5-8H2,1-4H3,(H,14,15). The van der Waals surface area contributed by atoms with Gasteiger partial charge in [0, 0.05) is 11.3 Å². The molecule has 2 fully saturated rings. The van der Waals surface area contributed by atoms with E-state index in [1.807, 2.05) is 11.8 Å². The number of nitrogens with zero attached hydrogens (tertiary/aromatic N) is 1. The molecule has 1 heterocycles. The van der Waals surface area contributed by atoms with Crippen LogP contribution in [-0.2, 0) is 0 Å². The zero-order valence-corrected chi connectivity index (χ0v) is 11.7. The molecule has 1 aliphatic heterocycles. The third kappa shape index (κ3) is 2.73. The average molecular weight is 240 g/mol. The van der Waals surface area contributed by atoms with E-state index in [1.54, 1.807) is 0 Å². The summed E-state index contributed by atoms with van der Waals surface area (Å²) < 4.78 is 0. The quantitative estimate of drug-likeness (QED) is 0.760. The third-order valence-electron chi connectivity index (χ3n) is 3.96. The molecule has 92 valence electrons. The highest BCUT2D eigenvalue weighted by Crippen LogP contribution is 2.33. The van der Waals surface area contributed by atoms with E-state index in [9.17, 15) is 0 Å². The van der Waals surface area contributed by atoms with Crippen LogP contribution in [0.3, 0.4) is 0 Å². The number of hydrogen-bond acceptors (Lipinski definition) is 2. The molecule has 1 aliphatic carbocycles. The Morgan fingerprint density at radius 3 is 2.69 bits per heavy atom. The molecule has 3 heteroatoms. The van der Waals surface area contributed by atoms with Crippen molar-refractivity contribution in [1.82, 2.24) is 5.32 Å². The second-order valence-corrected chi connectivity index (χ2v) is 7.03. The molecule has 0 aromatic rings. The summed E-state index contributed by atoms with van der Waals surface area (Å²) in [4.78, 5) is 4.93. The molecule has 2 rings (SSSR count). The molecule has 0 radical (unpaired) electrons. The number of nitrogens with one attached hydrogen (secondary N) is 1. The minimum atomic E-state index is 0.229. The van der Waals surface area contributed by atoms with Crippen LogP contribution in [0.25, 0.3) is 0 Å². The molecule has 0 amide bonds. The van der Waals surface area contributed by atoms with Gasteiger partial charge in [0.15, 0.2) is 5.17 Å². The van der Waals surface area contributed by atoms with Gasteiger partial charge in [-0.05, 0) is 32.1 Å². The van der Waals surface area contributed by atoms with Crippen molar-refractivity contribution in [3.8, 4) is 0 Å². The van der Waals surface area contributed by atoms with E-state index in [4.69, 9.17) is 4.99 Å². The molecule has 1 saturated carbocycles. The lowest BCUT2D eigenvalue weighted by molar-refractivity contribution is 0.241. The van der Waals surface area contributed by atoms with Crippen LogP contribution >= 0.6 is 11.8 Å². The van der Waals surface area contributed by atoms with E-state index in [0.29, 0.717) is 6.04 Å². The molecule has 16 heavy (non-hydrogen) atoms. The summed E-state index contributed by atoms with van der Waals surface area (Å²) in [5.74, 6) is 2.72. The van der Waals surface area contributed by atoms with E-state index >= 15 is 0 Å². The molecule has 3 atom stereocenters. The summed E-state index contributed by atoms with van der Waals surface area (Å²) in [6.45, 7) is 9.23. The Hall–Kier alpha value is -0.180. The summed E-state index contributed by atoms with van der Waals surface area (Å²) >= 11 is 1.89. The molecular weight excluding hydrogens is 216 g/mol. The monoisotopic (exact) mass is 240 g/mol. The van der Waals surface area contributed by atoms with Crippen LogP contribution in [0.4, 0.5) is 0 Å². The van der Waals surface area contributed by atoms with Crippen LogP contribution in [0.2, 0.25) is 0 Å². The van der Waals surface area contributed by atoms with E-state index in [0.717, 1.165) is 17.6 Å². The van der Waals surface area contributed by atoms with Crippen molar-refractivity contribution in [3.05, 3.63) is 0 Å². The normalized spacial score (nSPS) is 41.0. The molecule has 0 bridgehead atoms. The molecule has 0 aromatic heterocycles. The number of aliphatic imine (C=N–C) groups is 1. The lowest BCUT2D eigenvalue weighted by Crippen LogP contribution is -2.38. The number of rotatable bonds is 1. The molecule has 1 N–H and O–H groups in total. The van der Waals surface area contributed by atoms with Gasteiger partial charge in [0.25, 0.3) is 0 Å². The van der Waals surface area contributed by atoms with Gasteiger partial charge >= 0.3 is 0 Å². The lowest BCUT2D eigenvalue weighted by Gasteiger charge is -2.31. The lowest BCUT2D eigenvalue weighted by atomic mass is 9.78. The fraction of sp³-hybridized carbons (Fsp3) is 0.923. The van der Waals surface area contributed by atoms with Gasteiger partial charge in [-0.15, -0.1) is 0 Å². The zero-order valence-electron chi connectivity index (χ0n) is 10.9. The first-order valence-corrected chi connectivity index (χ1v) is 7.45. The van der Waals surface area contributed by atoms with Crippen LogP contribution in [0.5, 0.6) is 0 Å². The maximum absolute atomic E-state index is 4.93. The van der Waals surface area contributed by atoms with Crippen molar-refractivity contribution < 1.29 is 0 Å².